The van der Waals surface area contributed by atoms with Crippen LogP contribution in [0.25, 0.3) is 11.2 Å². The van der Waals surface area contributed by atoms with Crippen molar-refractivity contribution in [1.29, 1.82) is 0 Å². The van der Waals surface area contributed by atoms with Gasteiger partial charge in [-0.2, -0.15) is 0 Å². The lowest BCUT2D eigenvalue weighted by molar-refractivity contribution is -0.0185. The monoisotopic (exact) mass is 417 g/mol. The third-order valence-corrected chi connectivity index (χ3v) is 4.30. The Morgan fingerprint density at radius 2 is 2.04 bits per heavy atom. The molecule has 0 saturated carbocycles. The SMILES string of the molecule is COCOP(COCCn1cnc2c(N)ncnc21)OCOC(=O)OC(C)C. The second kappa shape index (κ2) is 11.7. The van der Waals surface area contributed by atoms with Crippen LogP contribution in [-0.2, 0) is 34.5 Å². The molecule has 0 bridgehead atoms. The van der Waals surface area contributed by atoms with E-state index in [2.05, 4.69) is 15.0 Å². The van der Waals surface area contributed by atoms with E-state index in [4.69, 9.17) is 33.7 Å². The van der Waals surface area contributed by atoms with Crippen LogP contribution < -0.4 is 5.73 Å². The minimum Gasteiger partial charge on any atom is -0.432 e. The Kier molecular flexibility index (Phi) is 9.24. The van der Waals surface area contributed by atoms with E-state index in [9.17, 15) is 4.79 Å². The predicted molar refractivity (Wildman–Crippen MR) is 99.1 cm³/mol. The second-order valence-electron chi connectivity index (χ2n) is 5.58. The number of anilines is 1. The van der Waals surface area contributed by atoms with Gasteiger partial charge in [0.25, 0.3) is 0 Å². The number of hydrogen-bond acceptors (Lipinski definition) is 11. The molecule has 1 unspecified atom stereocenters. The van der Waals surface area contributed by atoms with Crippen molar-refractivity contribution in [2.75, 3.05) is 39.4 Å². The van der Waals surface area contributed by atoms with E-state index in [1.54, 1.807) is 24.7 Å². The van der Waals surface area contributed by atoms with E-state index < -0.39 is 14.5 Å². The number of methoxy groups -OCH3 is 1. The summed E-state index contributed by atoms with van der Waals surface area (Å²) in [5.74, 6) is 0.325. The molecule has 0 aliphatic rings. The average Bonchev–Trinajstić information content (AvgIpc) is 3.06. The molecule has 1 atom stereocenters. The number of nitrogens with two attached hydrogens (primary N) is 1. The van der Waals surface area contributed by atoms with Crippen molar-refractivity contribution in [2.24, 2.45) is 0 Å². The normalized spacial score (nSPS) is 12.4. The maximum atomic E-state index is 11.3. The first-order valence-corrected chi connectivity index (χ1v) is 9.72. The van der Waals surface area contributed by atoms with Gasteiger partial charge >= 0.3 is 6.16 Å². The fraction of sp³-hybridized carbons (Fsp3) is 0.600. The van der Waals surface area contributed by atoms with Gasteiger partial charge in [0, 0.05) is 13.7 Å². The van der Waals surface area contributed by atoms with Crippen molar-refractivity contribution in [1.82, 2.24) is 19.5 Å². The Labute approximate surface area is 163 Å². The van der Waals surface area contributed by atoms with Crippen LogP contribution in [0.1, 0.15) is 13.8 Å². The molecule has 2 heterocycles. The summed E-state index contributed by atoms with van der Waals surface area (Å²) in [4.78, 5) is 23.6. The quantitative estimate of drug-likeness (QED) is 0.234. The molecule has 0 saturated heterocycles. The molecule has 0 radical (unpaired) electrons. The van der Waals surface area contributed by atoms with Gasteiger partial charge in [-0.3, -0.25) is 4.52 Å². The Bertz CT molecular complexity index is 745. The summed E-state index contributed by atoms with van der Waals surface area (Å²) in [6.45, 7) is 3.99. The standard InChI is InChI=1S/C15H24N5O7P/c1-11(2)27-15(21)24-9-26-28(25-8-22-3)10-23-5-4-20-7-19-12-13(16)17-6-18-14(12)20/h6-7,11H,4-5,8-10H2,1-3H3,(H2,16,17,18). The molecule has 13 heteroatoms. The fourth-order valence-electron chi connectivity index (χ4n) is 1.95. The largest absolute Gasteiger partial charge is 0.510 e. The van der Waals surface area contributed by atoms with Gasteiger partial charge in [0.2, 0.25) is 15.2 Å². The van der Waals surface area contributed by atoms with Gasteiger partial charge in [-0.15, -0.1) is 0 Å². The van der Waals surface area contributed by atoms with Crippen LogP contribution in [0.5, 0.6) is 0 Å². The lowest BCUT2D eigenvalue weighted by Gasteiger charge is -2.17. The summed E-state index contributed by atoms with van der Waals surface area (Å²) >= 11 is 0. The summed E-state index contributed by atoms with van der Waals surface area (Å²) in [5, 5.41) is 0. The molecule has 2 aromatic heterocycles. The Morgan fingerprint density at radius 1 is 1.25 bits per heavy atom. The molecule has 0 amide bonds. The highest BCUT2D eigenvalue weighted by Gasteiger charge is 2.14. The van der Waals surface area contributed by atoms with Crippen LogP contribution in [0.15, 0.2) is 12.7 Å². The van der Waals surface area contributed by atoms with Crippen LogP contribution >= 0.6 is 8.38 Å². The summed E-state index contributed by atoms with van der Waals surface area (Å²) in [5.41, 5.74) is 6.93. The molecule has 0 spiro atoms. The number of nitrogens with zero attached hydrogens (tertiary/aromatic N) is 4. The van der Waals surface area contributed by atoms with Gasteiger partial charge in [0.1, 0.15) is 18.2 Å². The average molecular weight is 417 g/mol. The number of rotatable bonds is 12. The van der Waals surface area contributed by atoms with Crippen molar-refractivity contribution in [3.63, 3.8) is 0 Å². The van der Waals surface area contributed by atoms with Gasteiger partial charge in [-0.25, -0.2) is 19.7 Å². The number of ether oxygens (including phenoxy) is 4. The summed E-state index contributed by atoms with van der Waals surface area (Å²) in [6, 6.07) is 0. The van der Waals surface area contributed by atoms with Crippen molar-refractivity contribution in [3.05, 3.63) is 12.7 Å². The smallest absolute Gasteiger partial charge is 0.432 e. The molecule has 2 N–H and O–H groups in total. The summed E-state index contributed by atoms with van der Waals surface area (Å²) in [7, 11) is 0.0118. The molecule has 2 rings (SSSR count). The molecule has 0 aliphatic heterocycles. The van der Waals surface area contributed by atoms with Crippen LogP contribution in [0, 0.1) is 0 Å². The van der Waals surface area contributed by atoms with Crippen molar-refractivity contribution in [2.45, 2.75) is 26.5 Å². The molecule has 28 heavy (non-hydrogen) atoms. The number of carbonyl (C=O) groups is 1. The lowest BCUT2D eigenvalue weighted by atomic mass is 10.5. The second-order valence-corrected chi connectivity index (χ2v) is 7.02. The highest BCUT2D eigenvalue weighted by Crippen LogP contribution is 2.38. The summed E-state index contributed by atoms with van der Waals surface area (Å²) in [6.07, 6.45) is 2.07. The first-order valence-electron chi connectivity index (χ1n) is 8.36. The number of aromatic nitrogens is 4. The first-order chi connectivity index (χ1) is 13.5. The topological polar surface area (TPSA) is 142 Å². The Hall–Kier alpha value is -2.11. The third-order valence-electron chi connectivity index (χ3n) is 3.12. The number of fused-ring (bicyclic) bond motifs is 1. The van der Waals surface area contributed by atoms with Gasteiger partial charge in [0.05, 0.1) is 19.0 Å². The van der Waals surface area contributed by atoms with Crippen LogP contribution in [-0.4, -0.2) is 65.4 Å². The van der Waals surface area contributed by atoms with E-state index in [0.29, 0.717) is 30.1 Å². The van der Waals surface area contributed by atoms with Gasteiger partial charge in [-0.1, -0.05) is 0 Å². The zero-order valence-electron chi connectivity index (χ0n) is 15.9. The molecule has 0 aromatic carbocycles. The van der Waals surface area contributed by atoms with Crippen molar-refractivity contribution >= 4 is 31.5 Å². The minimum atomic E-state index is -1.48. The summed E-state index contributed by atoms with van der Waals surface area (Å²) < 4.78 is 32.7. The van der Waals surface area contributed by atoms with Gasteiger partial charge in [0.15, 0.2) is 18.3 Å². The van der Waals surface area contributed by atoms with E-state index in [-0.39, 0.29) is 26.0 Å². The van der Waals surface area contributed by atoms with Gasteiger partial charge in [-0.05, 0) is 13.8 Å². The van der Waals surface area contributed by atoms with E-state index in [1.165, 1.54) is 13.4 Å². The van der Waals surface area contributed by atoms with Crippen LogP contribution in [0.4, 0.5) is 10.6 Å². The Balaban J connectivity index is 1.74. The maximum absolute atomic E-state index is 11.3. The highest BCUT2D eigenvalue weighted by molar-refractivity contribution is 7.47. The van der Waals surface area contributed by atoms with E-state index in [1.807, 2.05) is 0 Å². The predicted octanol–water partition coefficient (Wildman–Crippen LogP) is 1.85. The molecule has 0 aliphatic carbocycles. The van der Waals surface area contributed by atoms with Gasteiger partial charge < -0.3 is 33.8 Å². The zero-order valence-corrected chi connectivity index (χ0v) is 16.8. The first kappa shape index (κ1) is 22.2. The van der Waals surface area contributed by atoms with Crippen LogP contribution in [0.2, 0.25) is 0 Å². The molecule has 0 fully saturated rings. The zero-order chi connectivity index (χ0) is 20.4. The molecular weight excluding hydrogens is 393 g/mol. The van der Waals surface area contributed by atoms with E-state index >= 15 is 0 Å². The van der Waals surface area contributed by atoms with Crippen LogP contribution in [0.3, 0.4) is 0 Å². The van der Waals surface area contributed by atoms with E-state index in [0.717, 1.165) is 0 Å². The molecule has 156 valence electrons. The van der Waals surface area contributed by atoms with Crippen molar-refractivity contribution in [3.8, 4) is 0 Å². The lowest BCUT2D eigenvalue weighted by Crippen LogP contribution is -2.15. The third kappa shape index (κ3) is 7.13. The number of carbonyl (C=O) groups excluding carboxylic acids is 1. The fourth-order valence-corrected chi connectivity index (χ4v) is 2.84. The molecule has 2 aromatic rings. The number of imidazole rings is 1. The Morgan fingerprint density at radius 3 is 2.79 bits per heavy atom. The number of nitrogen functional groups attached to an aromatic ring is 1. The minimum absolute atomic E-state index is 0.0217. The van der Waals surface area contributed by atoms with Crippen molar-refractivity contribution < 1.29 is 32.8 Å². The molecular formula is C15H24N5O7P. The molecule has 12 nitrogen and oxygen atoms in total. The maximum Gasteiger partial charge on any atom is 0.510 e. The number of hydrogen-bond donors (Lipinski definition) is 1. The highest BCUT2D eigenvalue weighted by atomic mass is 31.2.